The summed E-state index contributed by atoms with van der Waals surface area (Å²) in [5.41, 5.74) is 15.0. The molecule has 0 unspecified atom stereocenters. The van der Waals surface area contributed by atoms with E-state index in [0.717, 1.165) is 19.3 Å². The minimum absolute atomic E-state index is 0.102. The predicted molar refractivity (Wildman–Crippen MR) is 141 cm³/mol. The zero-order valence-corrected chi connectivity index (χ0v) is 22.7. The molecule has 0 saturated carbocycles. The summed E-state index contributed by atoms with van der Waals surface area (Å²) in [5.74, 6) is -1.84. The Morgan fingerprint density at radius 3 is 1.32 bits per heavy atom. The summed E-state index contributed by atoms with van der Waals surface area (Å²) >= 11 is 0. The summed E-state index contributed by atoms with van der Waals surface area (Å²) in [6.45, 7) is 2.17. The third-order valence-corrected chi connectivity index (χ3v) is 5.70. The average molecular weight is 531 g/mol. The first-order chi connectivity index (χ1) is 17.8. The fraction of sp³-hybridized carbons (Fsp3) is 0.846. The van der Waals surface area contributed by atoms with E-state index in [1.165, 1.54) is 19.3 Å². The van der Waals surface area contributed by atoms with Crippen LogP contribution in [0, 0.1) is 0 Å². The van der Waals surface area contributed by atoms with E-state index < -0.39 is 23.4 Å². The summed E-state index contributed by atoms with van der Waals surface area (Å²) < 4.78 is 16.2. The number of amides is 1. The van der Waals surface area contributed by atoms with Gasteiger partial charge in [-0.3, -0.25) is 19.2 Å². The third kappa shape index (κ3) is 19.5. The van der Waals surface area contributed by atoms with Gasteiger partial charge < -0.3 is 36.7 Å². The molecular formula is C26H50N4O7. The molecule has 0 heterocycles. The number of hydrogen-bond acceptors (Lipinski definition) is 10. The third-order valence-electron chi connectivity index (χ3n) is 5.70. The van der Waals surface area contributed by atoms with Crippen LogP contribution in [0.2, 0.25) is 0 Å². The van der Waals surface area contributed by atoms with Crippen molar-refractivity contribution in [1.29, 1.82) is 0 Å². The maximum Gasteiger partial charge on any atom is 0.305 e. The van der Waals surface area contributed by atoms with Crippen LogP contribution in [0.15, 0.2) is 0 Å². The molecule has 0 aliphatic rings. The first kappa shape index (κ1) is 34.8. The van der Waals surface area contributed by atoms with E-state index in [9.17, 15) is 19.2 Å². The molecule has 0 bridgehead atoms. The van der Waals surface area contributed by atoms with Crippen LogP contribution in [-0.2, 0) is 33.4 Å². The molecule has 0 aromatic heterocycles. The van der Waals surface area contributed by atoms with Gasteiger partial charge in [-0.2, -0.15) is 0 Å². The van der Waals surface area contributed by atoms with Gasteiger partial charge in [0.1, 0.15) is 25.4 Å². The molecule has 7 N–H and O–H groups in total. The van der Waals surface area contributed by atoms with Crippen LogP contribution in [-0.4, -0.2) is 68.8 Å². The van der Waals surface area contributed by atoms with Gasteiger partial charge in [0, 0.05) is 25.7 Å². The molecule has 0 aromatic rings. The van der Waals surface area contributed by atoms with Crippen molar-refractivity contribution in [3.05, 3.63) is 0 Å². The molecule has 0 saturated heterocycles. The first-order valence-electron chi connectivity index (χ1n) is 13.7. The SMILES string of the molecule is CCCCCCCCCC(=O)NC(COC(=O)CCCN)(COC(=O)CCCN)COC(=O)CCCN. The highest BCUT2D eigenvalue weighted by Gasteiger charge is 2.37. The largest absolute Gasteiger partial charge is 0.463 e. The number of carbonyl (C=O) groups excluding carboxylic acids is 4. The first-order valence-corrected chi connectivity index (χ1v) is 13.7. The highest BCUT2D eigenvalue weighted by molar-refractivity contribution is 5.77. The molecular weight excluding hydrogens is 480 g/mol. The Morgan fingerprint density at radius 1 is 0.568 bits per heavy atom. The summed E-state index contributed by atoms with van der Waals surface area (Å²) in [6.07, 6.45) is 9.25. The Balaban J connectivity index is 5.35. The van der Waals surface area contributed by atoms with Gasteiger partial charge in [0.05, 0.1) is 0 Å². The molecule has 0 radical (unpaired) electrons. The maximum atomic E-state index is 12.9. The lowest BCUT2D eigenvalue weighted by Crippen LogP contribution is -2.59. The van der Waals surface area contributed by atoms with Crippen molar-refractivity contribution in [2.24, 2.45) is 17.2 Å². The van der Waals surface area contributed by atoms with Crippen LogP contribution >= 0.6 is 0 Å². The van der Waals surface area contributed by atoms with E-state index in [4.69, 9.17) is 31.4 Å². The summed E-state index contributed by atoms with van der Waals surface area (Å²) in [5, 5.41) is 2.83. The lowest BCUT2D eigenvalue weighted by Gasteiger charge is -2.33. The summed E-state index contributed by atoms with van der Waals surface area (Å²) in [4.78, 5) is 49.4. The highest BCUT2D eigenvalue weighted by Crippen LogP contribution is 2.14. The number of nitrogens with one attached hydrogen (secondary N) is 1. The molecule has 0 rings (SSSR count). The number of nitrogens with two attached hydrogens (primary N) is 3. The number of hydrogen-bond donors (Lipinski definition) is 4. The number of ether oxygens (including phenoxy) is 3. The topological polar surface area (TPSA) is 186 Å². The molecule has 0 spiro atoms. The van der Waals surface area contributed by atoms with Gasteiger partial charge >= 0.3 is 17.9 Å². The summed E-state index contributed by atoms with van der Waals surface area (Å²) in [6, 6.07) is 0. The second-order valence-electron chi connectivity index (χ2n) is 9.36. The zero-order chi connectivity index (χ0) is 27.8. The van der Waals surface area contributed by atoms with E-state index >= 15 is 0 Å². The molecule has 11 nitrogen and oxygen atoms in total. The normalized spacial score (nSPS) is 11.1. The van der Waals surface area contributed by atoms with Crippen LogP contribution in [0.25, 0.3) is 0 Å². The fourth-order valence-corrected chi connectivity index (χ4v) is 3.45. The summed E-state index contributed by atoms with van der Waals surface area (Å²) in [7, 11) is 0. The van der Waals surface area contributed by atoms with E-state index in [1.807, 2.05) is 0 Å². The molecule has 0 atom stereocenters. The second-order valence-corrected chi connectivity index (χ2v) is 9.36. The lowest BCUT2D eigenvalue weighted by molar-refractivity contribution is -0.159. The van der Waals surface area contributed by atoms with Gasteiger partial charge in [-0.1, -0.05) is 45.4 Å². The Bertz CT molecular complexity index is 587. The van der Waals surface area contributed by atoms with Crippen molar-refractivity contribution in [2.75, 3.05) is 39.5 Å². The van der Waals surface area contributed by atoms with Crippen LogP contribution in [0.4, 0.5) is 0 Å². The predicted octanol–water partition coefficient (Wildman–Crippen LogP) is 1.83. The van der Waals surface area contributed by atoms with E-state index in [0.29, 0.717) is 45.3 Å². The average Bonchev–Trinajstić information content (AvgIpc) is 2.89. The van der Waals surface area contributed by atoms with Gasteiger partial charge in [0.2, 0.25) is 5.91 Å². The van der Waals surface area contributed by atoms with Crippen LogP contribution in [0.1, 0.15) is 96.8 Å². The van der Waals surface area contributed by atoms with Crippen molar-refractivity contribution >= 4 is 23.8 Å². The molecule has 37 heavy (non-hydrogen) atoms. The maximum absolute atomic E-state index is 12.9. The van der Waals surface area contributed by atoms with Crippen LogP contribution in [0.3, 0.4) is 0 Å². The number of rotatable bonds is 24. The van der Waals surface area contributed by atoms with Crippen molar-refractivity contribution in [3.63, 3.8) is 0 Å². The van der Waals surface area contributed by atoms with Gasteiger partial charge in [0.25, 0.3) is 0 Å². The molecule has 0 aliphatic carbocycles. The van der Waals surface area contributed by atoms with Gasteiger partial charge in [-0.25, -0.2) is 0 Å². The monoisotopic (exact) mass is 530 g/mol. The Morgan fingerprint density at radius 2 is 0.946 bits per heavy atom. The second kappa shape index (κ2) is 22.9. The standard InChI is InChI=1S/C26H50N4O7/c1-2-3-4-5-6-7-8-12-22(31)30-26(19-35-23(32)13-9-16-27,20-36-24(33)14-10-17-28)21-37-25(34)15-11-18-29/h2-21,27-29H2,1H3,(H,30,31). The molecule has 0 fully saturated rings. The number of esters is 3. The lowest BCUT2D eigenvalue weighted by atomic mass is 10.0. The van der Waals surface area contributed by atoms with Gasteiger partial charge in [0.15, 0.2) is 0 Å². The van der Waals surface area contributed by atoms with Gasteiger partial charge in [-0.05, 0) is 45.3 Å². The minimum Gasteiger partial charge on any atom is -0.463 e. The number of carbonyl (C=O) groups is 4. The van der Waals surface area contributed by atoms with Gasteiger partial charge in [-0.15, -0.1) is 0 Å². The van der Waals surface area contributed by atoms with Crippen molar-refractivity contribution < 1.29 is 33.4 Å². The van der Waals surface area contributed by atoms with E-state index in [1.54, 1.807) is 0 Å². The Kier molecular flexibility index (Phi) is 21.5. The molecule has 0 aliphatic heterocycles. The zero-order valence-electron chi connectivity index (χ0n) is 22.7. The minimum atomic E-state index is -1.42. The van der Waals surface area contributed by atoms with E-state index in [-0.39, 0.29) is 51.4 Å². The fourth-order valence-electron chi connectivity index (χ4n) is 3.45. The van der Waals surface area contributed by atoms with E-state index in [2.05, 4.69) is 12.2 Å². The molecule has 11 heteroatoms. The molecule has 216 valence electrons. The number of unbranched alkanes of at least 4 members (excludes halogenated alkanes) is 6. The van der Waals surface area contributed by atoms with Crippen molar-refractivity contribution in [2.45, 2.75) is 102 Å². The molecule has 1 amide bonds. The van der Waals surface area contributed by atoms with Crippen molar-refractivity contribution in [3.8, 4) is 0 Å². The molecule has 0 aromatic carbocycles. The Hall–Kier alpha value is -2.24. The Labute approximate surface area is 221 Å². The van der Waals surface area contributed by atoms with Crippen molar-refractivity contribution in [1.82, 2.24) is 5.32 Å². The quantitative estimate of drug-likeness (QED) is 0.0814. The highest BCUT2D eigenvalue weighted by atomic mass is 16.6. The van der Waals surface area contributed by atoms with Crippen LogP contribution in [0.5, 0.6) is 0 Å². The smallest absolute Gasteiger partial charge is 0.305 e. The van der Waals surface area contributed by atoms with Crippen LogP contribution < -0.4 is 22.5 Å².